The van der Waals surface area contributed by atoms with E-state index in [-0.39, 0.29) is 17.9 Å². The molecule has 0 spiro atoms. The smallest absolute Gasteiger partial charge is 0.251 e. The van der Waals surface area contributed by atoms with Gasteiger partial charge in [-0.05, 0) is 56.4 Å². The van der Waals surface area contributed by atoms with Crippen LogP contribution in [0.5, 0.6) is 0 Å². The van der Waals surface area contributed by atoms with Gasteiger partial charge in [0.05, 0.1) is 6.04 Å². The number of nitrogens with one attached hydrogen (secondary N) is 1. The summed E-state index contributed by atoms with van der Waals surface area (Å²) < 4.78 is 0. The second kappa shape index (κ2) is 8.55. The van der Waals surface area contributed by atoms with E-state index in [0.717, 1.165) is 24.2 Å². The third-order valence-electron chi connectivity index (χ3n) is 4.86. The number of benzene rings is 2. The summed E-state index contributed by atoms with van der Waals surface area (Å²) in [5, 5.41) is 3.67. The first-order valence-electron chi connectivity index (χ1n) is 9.07. The molecule has 0 aliphatic carbocycles. The molecule has 0 saturated carbocycles. The van der Waals surface area contributed by atoms with Crippen LogP contribution >= 0.6 is 11.6 Å². The molecule has 1 N–H and O–H groups in total. The van der Waals surface area contributed by atoms with Gasteiger partial charge >= 0.3 is 0 Å². The van der Waals surface area contributed by atoms with Crippen molar-refractivity contribution in [1.29, 1.82) is 0 Å². The number of rotatable bonds is 6. The lowest BCUT2D eigenvalue weighted by atomic mass is 10.1. The maximum Gasteiger partial charge on any atom is 0.251 e. The first-order valence-corrected chi connectivity index (χ1v) is 9.44. The summed E-state index contributed by atoms with van der Waals surface area (Å²) >= 11 is 6.32. The Bertz CT molecular complexity index is 820. The standard InChI is InChI=1S/C21H24ClN3O2/c1-24(2)19(17-6-3-4-7-18(17)22)14-23-21(27)15-9-11-16(12-10-15)25-13-5-8-20(25)26/h3-4,6-7,9-12,19H,5,8,13-14H2,1-2H3,(H,23,27)/t19-/m1/s1. The highest BCUT2D eigenvalue weighted by molar-refractivity contribution is 6.31. The van der Waals surface area contributed by atoms with Gasteiger partial charge in [0.1, 0.15) is 0 Å². The van der Waals surface area contributed by atoms with E-state index in [1.165, 1.54) is 0 Å². The minimum absolute atomic E-state index is 0.0239. The van der Waals surface area contributed by atoms with E-state index in [2.05, 4.69) is 5.32 Å². The van der Waals surface area contributed by atoms with Crippen LogP contribution in [0.3, 0.4) is 0 Å². The van der Waals surface area contributed by atoms with Crippen molar-refractivity contribution in [3.05, 3.63) is 64.7 Å². The highest BCUT2D eigenvalue weighted by Crippen LogP contribution is 2.26. The molecule has 1 heterocycles. The highest BCUT2D eigenvalue weighted by atomic mass is 35.5. The molecule has 0 radical (unpaired) electrons. The van der Waals surface area contributed by atoms with Gasteiger partial charge in [-0.15, -0.1) is 0 Å². The fourth-order valence-electron chi connectivity index (χ4n) is 3.32. The van der Waals surface area contributed by atoms with Crippen LogP contribution < -0.4 is 10.2 Å². The summed E-state index contributed by atoms with van der Waals surface area (Å²) in [7, 11) is 3.92. The van der Waals surface area contributed by atoms with E-state index < -0.39 is 0 Å². The van der Waals surface area contributed by atoms with Gasteiger partial charge in [-0.2, -0.15) is 0 Å². The largest absolute Gasteiger partial charge is 0.350 e. The first-order chi connectivity index (χ1) is 13.0. The average Bonchev–Trinajstić information content (AvgIpc) is 3.09. The van der Waals surface area contributed by atoms with Gasteiger partial charge in [0.15, 0.2) is 0 Å². The number of carbonyl (C=O) groups excluding carboxylic acids is 2. The Kier molecular flexibility index (Phi) is 6.14. The lowest BCUT2D eigenvalue weighted by Crippen LogP contribution is -2.34. The highest BCUT2D eigenvalue weighted by Gasteiger charge is 2.22. The summed E-state index contributed by atoms with van der Waals surface area (Å²) in [6.45, 7) is 1.19. The molecule has 1 aliphatic rings. The Morgan fingerprint density at radius 1 is 1.19 bits per heavy atom. The summed E-state index contributed by atoms with van der Waals surface area (Å²) in [5.74, 6) is -0.00559. The van der Waals surface area contributed by atoms with Crippen molar-refractivity contribution < 1.29 is 9.59 Å². The fraction of sp³-hybridized carbons (Fsp3) is 0.333. The van der Waals surface area contributed by atoms with Crippen molar-refractivity contribution in [2.75, 3.05) is 32.1 Å². The lowest BCUT2D eigenvalue weighted by Gasteiger charge is -2.26. The van der Waals surface area contributed by atoms with Crippen LogP contribution in [0.15, 0.2) is 48.5 Å². The molecule has 1 atom stereocenters. The number of carbonyl (C=O) groups is 2. The van der Waals surface area contributed by atoms with Crippen LogP contribution in [0.25, 0.3) is 0 Å². The van der Waals surface area contributed by atoms with Gasteiger partial charge < -0.3 is 15.1 Å². The molecule has 0 aromatic heterocycles. The van der Waals surface area contributed by atoms with E-state index in [9.17, 15) is 9.59 Å². The van der Waals surface area contributed by atoms with E-state index in [1.54, 1.807) is 17.0 Å². The third-order valence-corrected chi connectivity index (χ3v) is 5.20. The lowest BCUT2D eigenvalue weighted by molar-refractivity contribution is -0.117. The van der Waals surface area contributed by atoms with Gasteiger partial charge in [-0.3, -0.25) is 9.59 Å². The molecule has 0 bridgehead atoms. The summed E-state index contributed by atoms with van der Waals surface area (Å²) in [4.78, 5) is 28.2. The molecular weight excluding hydrogens is 362 g/mol. The maximum atomic E-state index is 12.5. The van der Waals surface area contributed by atoms with Gasteiger partial charge in [0.25, 0.3) is 5.91 Å². The predicted octanol–water partition coefficient (Wildman–Crippen LogP) is 3.50. The number of amides is 2. The molecule has 6 heteroatoms. The molecule has 2 aromatic carbocycles. The second-order valence-corrected chi connectivity index (χ2v) is 7.31. The SMILES string of the molecule is CN(C)[C@H](CNC(=O)c1ccc(N2CCCC2=O)cc1)c1ccccc1Cl. The van der Waals surface area contributed by atoms with Crippen molar-refractivity contribution in [2.24, 2.45) is 0 Å². The molecule has 142 valence electrons. The number of anilines is 1. The molecule has 1 saturated heterocycles. The molecule has 3 rings (SSSR count). The Morgan fingerprint density at radius 2 is 1.89 bits per heavy atom. The zero-order valence-corrected chi connectivity index (χ0v) is 16.4. The number of nitrogens with zero attached hydrogens (tertiary/aromatic N) is 2. The van der Waals surface area contributed by atoms with Crippen LogP contribution in [0.4, 0.5) is 5.69 Å². The summed E-state index contributed by atoms with van der Waals surface area (Å²) in [6.07, 6.45) is 1.48. The Hall–Kier alpha value is -2.37. The van der Waals surface area contributed by atoms with Crippen LogP contribution in [0.1, 0.15) is 34.8 Å². The van der Waals surface area contributed by atoms with Crippen molar-refractivity contribution >= 4 is 29.1 Å². The summed E-state index contributed by atoms with van der Waals surface area (Å²) in [5.41, 5.74) is 2.39. The van der Waals surface area contributed by atoms with Crippen LogP contribution in [0, 0.1) is 0 Å². The molecule has 5 nitrogen and oxygen atoms in total. The predicted molar refractivity (Wildman–Crippen MR) is 108 cm³/mol. The molecule has 1 aliphatic heterocycles. The first kappa shape index (κ1) is 19.4. The minimum atomic E-state index is -0.145. The zero-order chi connectivity index (χ0) is 19.4. The third kappa shape index (κ3) is 4.49. The molecule has 1 fully saturated rings. The van der Waals surface area contributed by atoms with Crippen LogP contribution in [-0.2, 0) is 4.79 Å². The maximum absolute atomic E-state index is 12.5. The quantitative estimate of drug-likeness (QED) is 0.828. The summed E-state index contributed by atoms with van der Waals surface area (Å²) in [6, 6.07) is 14.8. The molecule has 27 heavy (non-hydrogen) atoms. The van der Waals surface area contributed by atoms with Gasteiger partial charge in [-0.25, -0.2) is 0 Å². The fourth-order valence-corrected chi connectivity index (χ4v) is 3.58. The number of halogens is 1. The molecular formula is C21H24ClN3O2. The molecule has 2 amide bonds. The number of hydrogen-bond acceptors (Lipinski definition) is 3. The van der Waals surface area contributed by atoms with E-state index >= 15 is 0 Å². The van der Waals surface area contributed by atoms with Crippen molar-refractivity contribution in [3.63, 3.8) is 0 Å². The number of likely N-dealkylation sites (N-methyl/N-ethyl adjacent to an activating group) is 1. The van der Waals surface area contributed by atoms with E-state index in [4.69, 9.17) is 11.6 Å². The Labute approximate surface area is 164 Å². The van der Waals surface area contributed by atoms with Crippen molar-refractivity contribution in [3.8, 4) is 0 Å². The van der Waals surface area contributed by atoms with Crippen molar-refractivity contribution in [1.82, 2.24) is 10.2 Å². The topological polar surface area (TPSA) is 52.7 Å². The van der Waals surface area contributed by atoms with Crippen molar-refractivity contribution in [2.45, 2.75) is 18.9 Å². The van der Waals surface area contributed by atoms with Gasteiger partial charge in [0, 0.05) is 35.8 Å². The molecule has 2 aromatic rings. The monoisotopic (exact) mass is 385 g/mol. The van der Waals surface area contributed by atoms with Crippen LogP contribution in [-0.4, -0.2) is 43.9 Å². The van der Waals surface area contributed by atoms with Gasteiger partial charge in [-0.1, -0.05) is 29.8 Å². The number of hydrogen-bond donors (Lipinski definition) is 1. The Balaban J connectivity index is 1.66. The van der Waals surface area contributed by atoms with E-state index in [0.29, 0.717) is 23.6 Å². The van der Waals surface area contributed by atoms with E-state index in [1.807, 2.05) is 55.4 Å². The van der Waals surface area contributed by atoms with Gasteiger partial charge in [0.2, 0.25) is 5.91 Å². The second-order valence-electron chi connectivity index (χ2n) is 6.91. The molecule has 0 unspecified atom stereocenters. The normalized spacial score (nSPS) is 15.3. The Morgan fingerprint density at radius 3 is 2.48 bits per heavy atom. The zero-order valence-electron chi connectivity index (χ0n) is 15.6. The average molecular weight is 386 g/mol. The van der Waals surface area contributed by atoms with Crippen LogP contribution in [0.2, 0.25) is 5.02 Å². The minimum Gasteiger partial charge on any atom is -0.350 e.